The number of rotatable bonds is 2. The van der Waals surface area contributed by atoms with Crippen LogP contribution >= 0.6 is 10.5 Å². The fourth-order valence-corrected chi connectivity index (χ4v) is 4.27. The minimum atomic E-state index is -0.437. The molecule has 1 aliphatic carbocycles. The maximum atomic E-state index is 11.4. The Hall–Kier alpha value is -2.52. The van der Waals surface area contributed by atoms with Gasteiger partial charge in [-0.3, -0.25) is 9.78 Å². The Balaban J connectivity index is 1.86. The van der Waals surface area contributed by atoms with E-state index < -0.39 is 10.5 Å². The Morgan fingerprint density at radius 1 is 1.39 bits per heavy atom. The van der Waals surface area contributed by atoms with Crippen LogP contribution < -0.4 is 5.73 Å². The Morgan fingerprint density at radius 3 is 2.87 bits per heavy atom. The van der Waals surface area contributed by atoms with Crippen LogP contribution in [0.4, 0.5) is 0 Å². The average molecular weight is 322 g/mol. The SMILES string of the molecule is N#Cc1cnc2ccc(C=S3CC(=O)N=C3N)cc2c1C1CC1. The minimum absolute atomic E-state index is 0.157. The first-order valence-electron chi connectivity index (χ1n) is 7.40. The van der Waals surface area contributed by atoms with Gasteiger partial charge in [-0.1, -0.05) is 6.07 Å². The van der Waals surface area contributed by atoms with Crippen LogP contribution in [0.3, 0.4) is 0 Å². The van der Waals surface area contributed by atoms with Crippen molar-refractivity contribution in [1.82, 2.24) is 4.98 Å². The van der Waals surface area contributed by atoms with Gasteiger partial charge in [0.2, 0.25) is 0 Å². The molecule has 1 amide bonds. The van der Waals surface area contributed by atoms with E-state index in [0.717, 1.165) is 34.9 Å². The van der Waals surface area contributed by atoms with E-state index in [9.17, 15) is 10.1 Å². The predicted octanol–water partition coefficient (Wildman–Crippen LogP) is 2.26. The molecular formula is C17H14N4OS. The summed E-state index contributed by atoms with van der Waals surface area (Å²) in [5, 5.41) is 12.8. The third-order valence-corrected chi connectivity index (χ3v) is 5.84. The Kier molecular flexibility index (Phi) is 3.24. The number of aliphatic imine (C=N–C) groups is 1. The number of fused-ring (bicyclic) bond motifs is 1. The van der Waals surface area contributed by atoms with Gasteiger partial charge in [0.05, 0.1) is 16.8 Å². The van der Waals surface area contributed by atoms with Gasteiger partial charge in [-0.15, -0.1) is 10.5 Å². The number of carbonyl (C=O) groups is 1. The molecular weight excluding hydrogens is 308 g/mol. The summed E-state index contributed by atoms with van der Waals surface area (Å²) >= 11 is 0. The molecule has 1 aliphatic heterocycles. The highest BCUT2D eigenvalue weighted by molar-refractivity contribution is 8.28. The maximum absolute atomic E-state index is 11.4. The van der Waals surface area contributed by atoms with Crippen molar-refractivity contribution < 1.29 is 4.79 Å². The standard InChI is InChI=1S/C17H14N4OS/c18-6-12-7-20-14-4-1-10(5-13(14)16(12)11-2-3-11)8-23-9-15(22)21-17(23)19/h1,4-5,7-8,11H,2-3,9H2,(H2,19,21,22). The molecule has 5 nitrogen and oxygen atoms in total. The van der Waals surface area contributed by atoms with Gasteiger partial charge in [-0.2, -0.15) is 10.3 Å². The van der Waals surface area contributed by atoms with E-state index in [1.807, 2.05) is 17.5 Å². The van der Waals surface area contributed by atoms with Crippen molar-refractivity contribution >= 4 is 37.8 Å². The highest BCUT2D eigenvalue weighted by Gasteiger charge is 2.28. The van der Waals surface area contributed by atoms with Gasteiger partial charge < -0.3 is 5.73 Å². The number of pyridine rings is 1. The number of hydrogen-bond acceptors (Lipinski definition) is 4. The van der Waals surface area contributed by atoms with E-state index in [1.54, 1.807) is 6.20 Å². The summed E-state index contributed by atoms with van der Waals surface area (Å²) in [6.45, 7) is 0. The lowest BCUT2D eigenvalue weighted by Crippen LogP contribution is -2.06. The largest absolute Gasteiger partial charge is 0.379 e. The average Bonchev–Trinajstić information content (AvgIpc) is 3.32. The van der Waals surface area contributed by atoms with Gasteiger partial charge in [0, 0.05) is 11.6 Å². The molecule has 4 rings (SSSR count). The highest BCUT2D eigenvalue weighted by Crippen LogP contribution is 2.44. The van der Waals surface area contributed by atoms with E-state index >= 15 is 0 Å². The molecule has 6 heteroatoms. The summed E-state index contributed by atoms with van der Waals surface area (Å²) in [6.07, 6.45) is 3.92. The molecule has 1 fully saturated rings. The van der Waals surface area contributed by atoms with E-state index in [-0.39, 0.29) is 5.91 Å². The smallest absolute Gasteiger partial charge is 0.258 e. The molecule has 0 spiro atoms. The third-order valence-electron chi connectivity index (χ3n) is 4.10. The number of aromatic nitrogens is 1. The van der Waals surface area contributed by atoms with Crippen molar-refractivity contribution in [3.8, 4) is 6.07 Å². The summed E-state index contributed by atoms with van der Waals surface area (Å²) in [7, 11) is -0.437. The van der Waals surface area contributed by atoms with Crippen molar-refractivity contribution in [2.75, 3.05) is 5.75 Å². The fraction of sp³-hybridized carbons (Fsp3) is 0.235. The van der Waals surface area contributed by atoms with E-state index in [2.05, 4.69) is 22.1 Å². The van der Waals surface area contributed by atoms with Gasteiger partial charge >= 0.3 is 0 Å². The molecule has 0 saturated heterocycles. The van der Waals surface area contributed by atoms with Crippen LogP contribution in [0.2, 0.25) is 0 Å². The lowest BCUT2D eigenvalue weighted by Gasteiger charge is -2.08. The first-order valence-corrected chi connectivity index (χ1v) is 8.86. The molecule has 1 aromatic carbocycles. The molecule has 2 heterocycles. The monoisotopic (exact) mass is 322 g/mol. The molecule has 114 valence electrons. The molecule has 2 N–H and O–H groups in total. The van der Waals surface area contributed by atoms with E-state index in [4.69, 9.17) is 5.73 Å². The first-order chi connectivity index (χ1) is 11.2. The number of hydrogen-bond donors (Lipinski definition) is 1. The van der Waals surface area contributed by atoms with Crippen LogP contribution in [-0.2, 0) is 4.79 Å². The number of nitriles is 1. The lowest BCUT2D eigenvalue weighted by molar-refractivity contribution is -0.115. The zero-order valence-corrected chi connectivity index (χ0v) is 13.1. The number of nitrogens with zero attached hydrogens (tertiary/aromatic N) is 3. The normalized spacial score (nSPS) is 20.7. The van der Waals surface area contributed by atoms with Crippen molar-refractivity contribution in [2.24, 2.45) is 10.7 Å². The van der Waals surface area contributed by atoms with Crippen LogP contribution in [0.5, 0.6) is 0 Å². The molecule has 23 heavy (non-hydrogen) atoms. The van der Waals surface area contributed by atoms with Crippen molar-refractivity contribution in [3.05, 3.63) is 41.1 Å². The predicted molar refractivity (Wildman–Crippen MR) is 92.7 cm³/mol. The summed E-state index contributed by atoms with van der Waals surface area (Å²) in [5.74, 6) is 0.665. The van der Waals surface area contributed by atoms with Crippen LogP contribution in [0.15, 0.2) is 29.4 Å². The van der Waals surface area contributed by atoms with E-state index in [0.29, 0.717) is 22.4 Å². The van der Waals surface area contributed by atoms with Crippen molar-refractivity contribution in [2.45, 2.75) is 18.8 Å². The summed E-state index contributed by atoms with van der Waals surface area (Å²) in [5.41, 5.74) is 9.49. The Labute approximate surface area is 135 Å². The highest BCUT2D eigenvalue weighted by atomic mass is 32.2. The molecule has 1 saturated carbocycles. The fourth-order valence-electron chi connectivity index (χ4n) is 2.89. The van der Waals surface area contributed by atoms with Gasteiger partial charge in [0.25, 0.3) is 5.91 Å². The molecule has 1 aromatic heterocycles. The summed E-state index contributed by atoms with van der Waals surface area (Å²) < 4.78 is 0. The molecule has 1 atom stereocenters. The molecule has 2 aromatic rings. The van der Waals surface area contributed by atoms with Gasteiger partial charge in [0.1, 0.15) is 6.07 Å². The molecule has 2 aliphatic rings. The number of nitrogens with two attached hydrogens (primary N) is 1. The molecule has 0 bridgehead atoms. The molecule has 0 radical (unpaired) electrons. The zero-order chi connectivity index (χ0) is 16.0. The summed E-state index contributed by atoms with van der Waals surface area (Å²) in [4.78, 5) is 19.6. The second kappa shape index (κ2) is 5.28. The quantitative estimate of drug-likeness (QED) is 0.858. The third kappa shape index (κ3) is 2.53. The second-order valence-electron chi connectivity index (χ2n) is 5.78. The Bertz CT molecular complexity index is 951. The topological polar surface area (TPSA) is 92.1 Å². The van der Waals surface area contributed by atoms with E-state index in [1.165, 1.54) is 0 Å². The van der Waals surface area contributed by atoms with Crippen molar-refractivity contribution in [3.63, 3.8) is 0 Å². The first kappa shape index (κ1) is 14.1. The number of amides is 1. The zero-order valence-electron chi connectivity index (χ0n) is 12.3. The number of amidine groups is 1. The van der Waals surface area contributed by atoms with Crippen LogP contribution in [-0.4, -0.2) is 27.2 Å². The Morgan fingerprint density at radius 2 is 2.22 bits per heavy atom. The van der Waals surface area contributed by atoms with Gasteiger partial charge in [-0.05, 0) is 47.4 Å². The lowest BCUT2D eigenvalue weighted by atomic mass is 9.99. The molecule has 1 unspecified atom stereocenters. The summed E-state index contributed by atoms with van der Waals surface area (Å²) in [6, 6.07) is 8.25. The van der Waals surface area contributed by atoms with Gasteiger partial charge in [-0.25, -0.2) is 0 Å². The van der Waals surface area contributed by atoms with Gasteiger partial charge in [0.15, 0.2) is 5.17 Å². The maximum Gasteiger partial charge on any atom is 0.258 e. The number of benzene rings is 1. The number of carbonyl (C=O) groups excluding carboxylic acids is 1. The van der Waals surface area contributed by atoms with Crippen LogP contribution in [0.1, 0.15) is 35.4 Å². The second-order valence-corrected chi connectivity index (χ2v) is 7.58. The van der Waals surface area contributed by atoms with Crippen molar-refractivity contribution in [1.29, 1.82) is 5.26 Å². The minimum Gasteiger partial charge on any atom is -0.379 e. The van der Waals surface area contributed by atoms with Crippen LogP contribution in [0.25, 0.3) is 10.9 Å². The van der Waals surface area contributed by atoms with Crippen LogP contribution in [0, 0.1) is 11.3 Å².